The number of hydrogen-bond donors (Lipinski definition) is 1. The van der Waals surface area contributed by atoms with Crippen LogP contribution < -0.4 is 5.32 Å². The summed E-state index contributed by atoms with van der Waals surface area (Å²) in [6.07, 6.45) is 1.28. The Labute approximate surface area is 197 Å². The fraction of sp³-hybridized carbons (Fsp3) is 0.0455. The summed E-state index contributed by atoms with van der Waals surface area (Å²) in [6, 6.07) is 12.0. The molecular formula is C22H13Cl2F2NO3S2. The van der Waals surface area contributed by atoms with Gasteiger partial charge in [-0.05, 0) is 48.5 Å². The van der Waals surface area contributed by atoms with E-state index in [-0.39, 0.29) is 25.4 Å². The molecule has 0 radical (unpaired) electrons. The van der Waals surface area contributed by atoms with Gasteiger partial charge in [0.2, 0.25) is 0 Å². The first-order chi connectivity index (χ1) is 15.1. The van der Waals surface area contributed by atoms with E-state index in [9.17, 15) is 22.0 Å². The Balaban J connectivity index is 1.67. The van der Waals surface area contributed by atoms with Gasteiger partial charge < -0.3 is 5.32 Å². The smallest absolute Gasteiger partial charge is 0.262 e. The minimum atomic E-state index is -3.81. The quantitative estimate of drug-likeness (QED) is 0.415. The number of amides is 1. The van der Waals surface area contributed by atoms with Crippen LogP contribution in [0.25, 0.3) is 6.08 Å². The Kier molecular flexibility index (Phi) is 6.31. The van der Waals surface area contributed by atoms with Crippen molar-refractivity contribution in [2.75, 3.05) is 5.32 Å². The maximum atomic E-state index is 14.0. The molecule has 0 unspecified atom stereocenters. The second kappa shape index (κ2) is 8.86. The lowest BCUT2D eigenvalue weighted by molar-refractivity contribution is -0.112. The monoisotopic (exact) mass is 511 g/mol. The largest absolute Gasteiger partial charge is 0.320 e. The molecule has 0 saturated heterocycles. The Morgan fingerprint density at radius 1 is 1.00 bits per heavy atom. The van der Waals surface area contributed by atoms with Gasteiger partial charge in [0.1, 0.15) is 11.6 Å². The average Bonchev–Trinajstić information content (AvgIpc) is 2.73. The van der Waals surface area contributed by atoms with E-state index in [0.717, 1.165) is 23.9 Å². The van der Waals surface area contributed by atoms with Crippen molar-refractivity contribution in [3.8, 4) is 0 Å². The summed E-state index contributed by atoms with van der Waals surface area (Å²) >= 11 is 13.2. The van der Waals surface area contributed by atoms with Crippen LogP contribution in [0.1, 0.15) is 11.1 Å². The van der Waals surface area contributed by atoms with Crippen molar-refractivity contribution in [2.24, 2.45) is 0 Å². The van der Waals surface area contributed by atoms with Crippen LogP contribution in [0.15, 0.2) is 69.3 Å². The number of rotatable bonds is 4. The number of anilines is 1. The zero-order valence-electron chi connectivity index (χ0n) is 16.0. The Bertz CT molecular complexity index is 1370. The zero-order chi connectivity index (χ0) is 23.0. The number of benzene rings is 3. The van der Waals surface area contributed by atoms with Crippen molar-refractivity contribution in [3.63, 3.8) is 0 Å². The van der Waals surface area contributed by atoms with Gasteiger partial charge in [-0.25, -0.2) is 17.2 Å². The van der Waals surface area contributed by atoms with Gasteiger partial charge in [0.15, 0.2) is 9.84 Å². The summed E-state index contributed by atoms with van der Waals surface area (Å²) in [4.78, 5) is 13.0. The number of carbonyl (C=O) groups is 1. The van der Waals surface area contributed by atoms with E-state index in [4.69, 9.17) is 23.2 Å². The number of sulfone groups is 1. The van der Waals surface area contributed by atoms with Crippen LogP contribution in [0, 0.1) is 11.6 Å². The van der Waals surface area contributed by atoms with Gasteiger partial charge in [0.25, 0.3) is 5.91 Å². The highest BCUT2D eigenvalue weighted by atomic mass is 35.5. The van der Waals surface area contributed by atoms with Crippen LogP contribution in [0.2, 0.25) is 10.0 Å². The second-order valence-corrected chi connectivity index (χ2v) is 10.7. The van der Waals surface area contributed by atoms with Crippen LogP contribution >= 0.6 is 35.0 Å². The molecule has 4 nitrogen and oxygen atoms in total. The van der Waals surface area contributed by atoms with E-state index < -0.39 is 33.1 Å². The summed E-state index contributed by atoms with van der Waals surface area (Å²) in [5.41, 5.74) is 0.748. The van der Waals surface area contributed by atoms with E-state index in [1.165, 1.54) is 30.3 Å². The molecule has 164 valence electrons. The van der Waals surface area contributed by atoms with Crippen molar-refractivity contribution in [1.29, 1.82) is 0 Å². The minimum Gasteiger partial charge on any atom is -0.320 e. The fourth-order valence-electron chi connectivity index (χ4n) is 3.03. The van der Waals surface area contributed by atoms with Crippen molar-refractivity contribution in [3.05, 3.63) is 92.3 Å². The highest BCUT2D eigenvalue weighted by molar-refractivity contribution is 8.04. The molecule has 0 atom stereocenters. The van der Waals surface area contributed by atoms with Crippen LogP contribution in [0.3, 0.4) is 0 Å². The molecule has 4 rings (SSSR count). The fourth-order valence-corrected chi connectivity index (χ4v) is 6.21. The highest BCUT2D eigenvalue weighted by Crippen LogP contribution is 2.41. The van der Waals surface area contributed by atoms with Crippen molar-refractivity contribution >= 4 is 62.5 Å². The molecule has 0 aliphatic carbocycles. The molecule has 3 aromatic rings. The van der Waals surface area contributed by atoms with Crippen LogP contribution in [-0.4, -0.2) is 14.3 Å². The third kappa shape index (κ3) is 4.68. The lowest BCUT2D eigenvalue weighted by Gasteiger charge is -2.19. The Morgan fingerprint density at radius 3 is 2.41 bits per heavy atom. The average molecular weight is 512 g/mol. The van der Waals surface area contributed by atoms with Crippen LogP contribution in [-0.2, 0) is 20.4 Å². The molecule has 0 saturated carbocycles. The van der Waals surface area contributed by atoms with Gasteiger partial charge in [-0.15, -0.1) is 0 Å². The maximum Gasteiger partial charge on any atom is 0.262 e. The first-order valence-corrected chi connectivity index (χ1v) is 12.3. The number of halogens is 4. The number of nitrogens with one attached hydrogen (secondary N) is 1. The first kappa shape index (κ1) is 22.8. The van der Waals surface area contributed by atoms with Gasteiger partial charge in [0, 0.05) is 32.1 Å². The van der Waals surface area contributed by atoms with Gasteiger partial charge in [-0.2, -0.15) is 0 Å². The van der Waals surface area contributed by atoms with Gasteiger partial charge in [-0.3, -0.25) is 4.79 Å². The molecule has 32 heavy (non-hydrogen) atoms. The van der Waals surface area contributed by atoms with E-state index in [2.05, 4.69) is 5.32 Å². The van der Waals surface area contributed by atoms with Crippen molar-refractivity contribution in [2.45, 2.75) is 15.5 Å². The predicted molar refractivity (Wildman–Crippen MR) is 123 cm³/mol. The van der Waals surface area contributed by atoms with Crippen molar-refractivity contribution < 1.29 is 22.0 Å². The number of thioether (sulfide) groups is 1. The third-order valence-electron chi connectivity index (χ3n) is 4.65. The molecule has 1 aliphatic heterocycles. The lowest BCUT2D eigenvalue weighted by Crippen LogP contribution is -2.18. The van der Waals surface area contributed by atoms with E-state index >= 15 is 0 Å². The molecule has 0 spiro atoms. The summed E-state index contributed by atoms with van der Waals surface area (Å²) < 4.78 is 53.1. The normalized spacial score (nSPS) is 14.9. The third-order valence-corrected chi connectivity index (χ3v) is 8.08. The molecule has 10 heteroatoms. The molecule has 1 aliphatic rings. The van der Waals surface area contributed by atoms with E-state index in [1.54, 1.807) is 18.2 Å². The molecule has 1 heterocycles. The van der Waals surface area contributed by atoms with Gasteiger partial charge in [0.05, 0.1) is 21.2 Å². The molecule has 3 aromatic carbocycles. The first-order valence-electron chi connectivity index (χ1n) is 9.10. The molecule has 0 aromatic heterocycles. The summed E-state index contributed by atoms with van der Waals surface area (Å²) in [5.74, 6) is -2.43. The molecular weight excluding hydrogens is 499 g/mol. The molecule has 1 N–H and O–H groups in total. The highest BCUT2D eigenvalue weighted by Gasteiger charge is 2.25. The Hall–Kier alpha value is -2.39. The summed E-state index contributed by atoms with van der Waals surface area (Å²) in [7, 11) is -3.81. The van der Waals surface area contributed by atoms with Gasteiger partial charge in [-0.1, -0.05) is 41.0 Å². The van der Waals surface area contributed by atoms with E-state index in [0.29, 0.717) is 16.1 Å². The minimum absolute atomic E-state index is 0.0169. The lowest BCUT2D eigenvalue weighted by atomic mass is 10.2. The second-order valence-electron chi connectivity index (χ2n) is 6.85. The summed E-state index contributed by atoms with van der Waals surface area (Å²) in [5, 5.41) is 3.13. The zero-order valence-corrected chi connectivity index (χ0v) is 19.2. The SMILES string of the molecule is O=C1Nc2ccc(S(=O)(=O)Cc3c(Cl)cccc3Cl)cc2SC1=Cc1ccc(F)cc1F. The summed E-state index contributed by atoms with van der Waals surface area (Å²) in [6.45, 7) is 0. The topological polar surface area (TPSA) is 63.2 Å². The number of fused-ring (bicyclic) bond motifs is 1. The van der Waals surface area contributed by atoms with Crippen LogP contribution in [0.5, 0.6) is 0 Å². The number of hydrogen-bond acceptors (Lipinski definition) is 4. The van der Waals surface area contributed by atoms with Crippen LogP contribution in [0.4, 0.5) is 14.5 Å². The molecule has 0 fully saturated rings. The van der Waals surface area contributed by atoms with Crippen molar-refractivity contribution in [1.82, 2.24) is 0 Å². The molecule has 1 amide bonds. The van der Waals surface area contributed by atoms with E-state index in [1.807, 2.05) is 0 Å². The molecule has 0 bridgehead atoms. The predicted octanol–water partition coefficient (Wildman–Crippen LogP) is 6.33. The van der Waals surface area contributed by atoms with Gasteiger partial charge >= 0.3 is 0 Å². The standard InChI is InChI=1S/C22H13Cl2F2NO3S2/c23-16-2-1-3-17(24)15(16)11-32(29,30)14-6-7-19-20(10-14)31-21(22(28)27-19)8-12-4-5-13(25)9-18(12)26/h1-10H,11H2,(H,27,28). The maximum absolute atomic E-state index is 14.0. The Morgan fingerprint density at radius 2 is 1.72 bits per heavy atom. The number of carbonyl (C=O) groups excluding carboxylic acids is 1.